The van der Waals surface area contributed by atoms with E-state index in [1.807, 2.05) is 24.4 Å². The highest BCUT2D eigenvalue weighted by Gasteiger charge is 2.14. The molecule has 0 N–H and O–H groups in total. The van der Waals surface area contributed by atoms with Crippen molar-refractivity contribution in [1.29, 1.82) is 0 Å². The first-order chi connectivity index (χ1) is 11.3. The maximum Gasteiger partial charge on any atom is 0.226 e. The largest absolute Gasteiger partial charge is 0.378 e. The average Bonchev–Trinajstić information content (AvgIpc) is 2.62. The summed E-state index contributed by atoms with van der Waals surface area (Å²) in [7, 11) is 0. The van der Waals surface area contributed by atoms with Gasteiger partial charge in [0, 0.05) is 24.7 Å². The summed E-state index contributed by atoms with van der Waals surface area (Å²) in [5.74, 6) is 0.517. The maximum atomic E-state index is 13.0. The third kappa shape index (κ3) is 2.87. The van der Waals surface area contributed by atoms with Gasteiger partial charge in [0.1, 0.15) is 5.82 Å². The first-order valence-corrected chi connectivity index (χ1v) is 7.65. The number of hydrogen-bond donors (Lipinski definition) is 0. The van der Waals surface area contributed by atoms with Crippen molar-refractivity contribution in [2.75, 3.05) is 31.2 Å². The van der Waals surface area contributed by atoms with Crippen molar-refractivity contribution in [2.45, 2.75) is 0 Å². The fourth-order valence-electron chi connectivity index (χ4n) is 2.76. The number of rotatable bonds is 2. The quantitative estimate of drug-likeness (QED) is 0.728. The van der Waals surface area contributed by atoms with Gasteiger partial charge in [0.2, 0.25) is 5.95 Å². The highest BCUT2D eigenvalue weighted by atomic mass is 19.1. The molecule has 0 radical (unpaired) electrons. The topological polar surface area (TPSA) is 38.2 Å². The van der Waals surface area contributed by atoms with Crippen LogP contribution < -0.4 is 4.90 Å². The SMILES string of the molecule is Fc1ccc(-c2ccc3nc(N4CCOCC4)ncc3c2)cc1. The van der Waals surface area contributed by atoms with Crippen molar-refractivity contribution >= 4 is 16.9 Å². The van der Waals surface area contributed by atoms with E-state index in [1.54, 1.807) is 12.1 Å². The van der Waals surface area contributed by atoms with Gasteiger partial charge in [0.25, 0.3) is 0 Å². The molecule has 0 atom stereocenters. The summed E-state index contributed by atoms with van der Waals surface area (Å²) >= 11 is 0. The second-order valence-electron chi connectivity index (χ2n) is 5.55. The van der Waals surface area contributed by atoms with E-state index < -0.39 is 0 Å². The molecule has 5 heteroatoms. The molecule has 1 aliphatic heterocycles. The second-order valence-corrected chi connectivity index (χ2v) is 5.55. The van der Waals surface area contributed by atoms with Gasteiger partial charge >= 0.3 is 0 Å². The standard InChI is InChI=1S/C18H16FN3O/c19-16-4-1-13(2-5-16)14-3-6-17-15(11-14)12-20-18(21-17)22-7-9-23-10-8-22/h1-6,11-12H,7-10H2. The molecule has 0 aliphatic carbocycles. The van der Waals surface area contributed by atoms with Crippen LogP contribution in [0, 0.1) is 5.82 Å². The van der Waals surface area contributed by atoms with E-state index in [4.69, 9.17) is 4.74 Å². The Morgan fingerprint density at radius 2 is 1.70 bits per heavy atom. The van der Waals surface area contributed by atoms with E-state index in [1.165, 1.54) is 12.1 Å². The van der Waals surface area contributed by atoms with E-state index in [-0.39, 0.29) is 5.82 Å². The van der Waals surface area contributed by atoms with Crippen molar-refractivity contribution in [1.82, 2.24) is 9.97 Å². The van der Waals surface area contributed by atoms with Crippen LogP contribution in [0.25, 0.3) is 22.0 Å². The predicted molar refractivity (Wildman–Crippen MR) is 88.0 cm³/mol. The van der Waals surface area contributed by atoms with Gasteiger partial charge in [-0.2, -0.15) is 0 Å². The molecule has 0 spiro atoms. The number of anilines is 1. The van der Waals surface area contributed by atoms with E-state index in [2.05, 4.69) is 14.9 Å². The summed E-state index contributed by atoms with van der Waals surface area (Å²) in [6.45, 7) is 3.06. The van der Waals surface area contributed by atoms with Gasteiger partial charge in [-0.25, -0.2) is 14.4 Å². The molecule has 23 heavy (non-hydrogen) atoms. The van der Waals surface area contributed by atoms with Crippen LogP contribution in [0.5, 0.6) is 0 Å². The van der Waals surface area contributed by atoms with Crippen LogP contribution in [-0.4, -0.2) is 36.3 Å². The third-order valence-corrected chi connectivity index (χ3v) is 4.04. The zero-order chi connectivity index (χ0) is 15.6. The fourth-order valence-corrected chi connectivity index (χ4v) is 2.76. The molecule has 0 unspecified atom stereocenters. The molecule has 1 aromatic heterocycles. The first-order valence-electron chi connectivity index (χ1n) is 7.65. The van der Waals surface area contributed by atoms with E-state index in [0.29, 0.717) is 13.2 Å². The van der Waals surface area contributed by atoms with Gasteiger partial charge < -0.3 is 9.64 Å². The summed E-state index contributed by atoms with van der Waals surface area (Å²) in [5.41, 5.74) is 2.91. The molecule has 1 fully saturated rings. The Bertz CT molecular complexity index is 829. The molecular formula is C18H16FN3O. The predicted octanol–water partition coefficient (Wildman–Crippen LogP) is 3.27. The van der Waals surface area contributed by atoms with E-state index >= 15 is 0 Å². The number of aromatic nitrogens is 2. The van der Waals surface area contributed by atoms with E-state index in [0.717, 1.165) is 41.1 Å². The van der Waals surface area contributed by atoms with Crippen molar-refractivity contribution in [2.24, 2.45) is 0 Å². The lowest BCUT2D eigenvalue weighted by molar-refractivity contribution is 0.122. The number of fused-ring (bicyclic) bond motifs is 1. The Morgan fingerprint density at radius 1 is 0.957 bits per heavy atom. The lowest BCUT2D eigenvalue weighted by atomic mass is 10.0. The van der Waals surface area contributed by atoms with Crippen molar-refractivity contribution in [3.05, 3.63) is 54.5 Å². The summed E-state index contributed by atoms with van der Waals surface area (Å²) in [4.78, 5) is 11.3. The Morgan fingerprint density at radius 3 is 2.48 bits per heavy atom. The van der Waals surface area contributed by atoms with Gasteiger partial charge in [-0.15, -0.1) is 0 Å². The van der Waals surface area contributed by atoms with Crippen molar-refractivity contribution in [3.63, 3.8) is 0 Å². The molecule has 0 bridgehead atoms. The Hall–Kier alpha value is -2.53. The van der Waals surface area contributed by atoms with Crippen LogP contribution in [0.3, 0.4) is 0 Å². The van der Waals surface area contributed by atoms with Crippen LogP contribution in [0.15, 0.2) is 48.7 Å². The first kappa shape index (κ1) is 14.1. The minimum absolute atomic E-state index is 0.229. The zero-order valence-electron chi connectivity index (χ0n) is 12.6. The molecule has 0 amide bonds. The molecular weight excluding hydrogens is 293 g/mol. The Balaban J connectivity index is 1.68. The Kier molecular flexibility index (Phi) is 3.63. The minimum Gasteiger partial charge on any atom is -0.378 e. The number of halogens is 1. The second kappa shape index (κ2) is 5.93. The number of hydrogen-bond acceptors (Lipinski definition) is 4. The smallest absolute Gasteiger partial charge is 0.226 e. The highest BCUT2D eigenvalue weighted by Crippen LogP contribution is 2.24. The maximum absolute atomic E-state index is 13.0. The van der Waals surface area contributed by atoms with Gasteiger partial charge in [0.05, 0.1) is 18.7 Å². The number of morpholine rings is 1. The highest BCUT2D eigenvalue weighted by molar-refractivity contribution is 5.84. The molecule has 0 saturated carbocycles. The van der Waals surface area contributed by atoms with Crippen molar-refractivity contribution in [3.8, 4) is 11.1 Å². The summed E-state index contributed by atoms with van der Waals surface area (Å²) in [5, 5.41) is 0.976. The summed E-state index contributed by atoms with van der Waals surface area (Å²) in [6.07, 6.45) is 1.85. The monoisotopic (exact) mass is 309 g/mol. The van der Waals surface area contributed by atoms with Crippen LogP contribution in [0.1, 0.15) is 0 Å². The molecule has 116 valence electrons. The lowest BCUT2D eigenvalue weighted by Gasteiger charge is -2.26. The third-order valence-electron chi connectivity index (χ3n) is 4.04. The lowest BCUT2D eigenvalue weighted by Crippen LogP contribution is -2.37. The van der Waals surface area contributed by atoms with Gasteiger partial charge in [-0.1, -0.05) is 18.2 Å². The molecule has 2 heterocycles. The molecule has 2 aromatic carbocycles. The van der Waals surface area contributed by atoms with Crippen LogP contribution >= 0.6 is 0 Å². The molecule has 1 aliphatic rings. The van der Waals surface area contributed by atoms with Crippen LogP contribution in [0.2, 0.25) is 0 Å². The van der Waals surface area contributed by atoms with Gasteiger partial charge in [0.15, 0.2) is 0 Å². The van der Waals surface area contributed by atoms with Crippen LogP contribution in [-0.2, 0) is 4.74 Å². The molecule has 3 aromatic rings. The molecule has 1 saturated heterocycles. The zero-order valence-corrected chi connectivity index (χ0v) is 12.6. The van der Waals surface area contributed by atoms with Crippen LogP contribution in [0.4, 0.5) is 10.3 Å². The normalized spacial score (nSPS) is 15.1. The summed E-state index contributed by atoms with van der Waals surface area (Å²) in [6, 6.07) is 12.5. The number of benzene rings is 2. The van der Waals surface area contributed by atoms with Gasteiger partial charge in [-0.05, 0) is 35.4 Å². The average molecular weight is 309 g/mol. The Labute approximate surface area is 133 Å². The summed E-state index contributed by atoms with van der Waals surface area (Å²) < 4.78 is 18.4. The minimum atomic E-state index is -0.229. The van der Waals surface area contributed by atoms with E-state index in [9.17, 15) is 4.39 Å². The van der Waals surface area contributed by atoms with Gasteiger partial charge in [-0.3, -0.25) is 0 Å². The number of nitrogens with zero attached hydrogens (tertiary/aromatic N) is 3. The van der Waals surface area contributed by atoms with Crippen molar-refractivity contribution < 1.29 is 9.13 Å². The molecule has 4 rings (SSSR count). The molecule has 4 nitrogen and oxygen atoms in total. The fraction of sp³-hybridized carbons (Fsp3) is 0.222. The number of ether oxygens (including phenoxy) is 1.